The Bertz CT molecular complexity index is 532. The summed E-state index contributed by atoms with van der Waals surface area (Å²) in [5.41, 5.74) is 0.352. The second kappa shape index (κ2) is 6.22. The molecule has 0 aliphatic carbocycles. The molecule has 2 aromatic rings. The van der Waals surface area contributed by atoms with Gasteiger partial charge in [0.15, 0.2) is 0 Å². The molecule has 2 aromatic heterocycles. The van der Waals surface area contributed by atoms with Crippen LogP contribution in [-0.2, 0) is 37.4 Å². The van der Waals surface area contributed by atoms with Crippen LogP contribution in [0.15, 0.2) is 8.63 Å². The van der Waals surface area contributed by atoms with E-state index >= 15 is 0 Å². The van der Waals surface area contributed by atoms with Crippen molar-refractivity contribution in [2.75, 3.05) is 12.9 Å². The SMILES string of the molecule is CCOC(=O)c1sc(SC)c2c(O)[c-]oc12.[Y]. The van der Waals surface area contributed by atoms with E-state index in [0.717, 1.165) is 4.21 Å². The molecule has 7 heteroatoms. The third-order valence-electron chi connectivity index (χ3n) is 1.96. The standard InChI is InChI=1S/C10H9O4S2.Y/c1-3-13-9(12)8-7-6(5(11)4-14-7)10(15-2)16-8;/h11H,3H2,1-2H3;/q-1;. The number of rotatable bonds is 3. The Morgan fingerprint density at radius 1 is 1.65 bits per heavy atom. The molecule has 0 fully saturated rings. The number of hydrogen-bond acceptors (Lipinski definition) is 6. The molecule has 0 bridgehead atoms. The predicted octanol–water partition coefficient (Wildman–Crippen LogP) is 2.90. The van der Waals surface area contributed by atoms with Crippen molar-refractivity contribution in [3.8, 4) is 5.75 Å². The van der Waals surface area contributed by atoms with E-state index in [2.05, 4.69) is 6.26 Å². The normalized spacial score (nSPS) is 10.2. The van der Waals surface area contributed by atoms with Gasteiger partial charge in [0.25, 0.3) is 0 Å². The van der Waals surface area contributed by atoms with Gasteiger partial charge >= 0.3 is 5.97 Å². The molecule has 0 saturated heterocycles. The van der Waals surface area contributed by atoms with Gasteiger partial charge < -0.3 is 14.3 Å². The summed E-state index contributed by atoms with van der Waals surface area (Å²) in [5.74, 6) is -0.494. The maximum atomic E-state index is 11.6. The summed E-state index contributed by atoms with van der Waals surface area (Å²) in [5, 5.41) is 10.1. The van der Waals surface area contributed by atoms with Gasteiger partial charge in [0.2, 0.25) is 0 Å². The summed E-state index contributed by atoms with van der Waals surface area (Å²) in [7, 11) is 0. The molecule has 2 rings (SSSR count). The number of carbonyl (C=O) groups is 1. The summed E-state index contributed by atoms with van der Waals surface area (Å²) < 4.78 is 10.8. The van der Waals surface area contributed by atoms with Crippen LogP contribution in [0.25, 0.3) is 11.0 Å². The topological polar surface area (TPSA) is 59.7 Å². The number of esters is 1. The minimum atomic E-state index is -0.430. The van der Waals surface area contributed by atoms with E-state index < -0.39 is 5.97 Å². The van der Waals surface area contributed by atoms with Gasteiger partial charge in [0, 0.05) is 54.5 Å². The molecule has 2 heterocycles. The van der Waals surface area contributed by atoms with Gasteiger partial charge in [0.05, 0.1) is 11.5 Å². The van der Waals surface area contributed by atoms with Gasteiger partial charge in [-0.1, -0.05) is 5.39 Å². The Hall–Kier alpha value is -0.0361. The fraction of sp³-hybridized carbons (Fsp3) is 0.300. The zero-order valence-corrected chi connectivity index (χ0v) is 13.7. The number of hydrogen-bond donors (Lipinski definition) is 1. The maximum Gasteiger partial charge on any atom is 0.338 e. The first-order valence-electron chi connectivity index (χ1n) is 4.56. The number of ether oxygens (including phenoxy) is 1. The first kappa shape index (κ1) is 15.0. The minimum absolute atomic E-state index is 0. The van der Waals surface area contributed by atoms with E-state index in [1.807, 2.05) is 6.26 Å². The number of carbonyl (C=O) groups excluding carboxylic acids is 1. The molecule has 89 valence electrons. The van der Waals surface area contributed by atoms with Crippen LogP contribution in [0.4, 0.5) is 0 Å². The third kappa shape index (κ3) is 2.70. The Kier molecular flexibility index (Phi) is 5.50. The van der Waals surface area contributed by atoms with Crippen LogP contribution in [0.1, 0.15) is 16.6 Å². The summed E-state index contributed by atoms with van der Waals surface area (Å²) >= 11 is 2.70. The summed E-state index contributed by atoms with van der Waals surface area (Å²) in [6, 6.07) is 0. The molecule has 0 unspecified atom stereocenters. The zero-order valence-electron chi connectivity index (χ0n) is 9.27. The Balaban J connectivity index is 0.00000144. The van der Waals surface area contributed by atoms with Crippen LogP contribution in [0, 0.1) is 6.26 Å². The van der Waals surface area contributed by atoms with Crippen molar-refractivity contribution in [3.05, 3.63) is 11.1 Å². The Morgan fingerprint density at radius 2 is 2.35 bits per heavy atom. The average molecular weight is 346 g/mol. The maximum absolute atomic E-state index is 11.6. The van der Waals surface area contributed by atoms with Crippen molar-refractivity contribution >= 4 is 40.0 Å². The van der Waals surface area contributed by atoms with E-state index in [0.29, 0.717) is 22.5 Å². The van der Waals surface area contributed by atoms with Crippen molar-refractivity contribution < 1.29 is 51.8 Å². The van der Waals surface area contributed by atoms with Gasteiger partial charge in [-0.25, -0.2) is 4.79 Å². The van der Waals surface area contributed by atoms with Gasteiger partial charge in [-0.2, -0.15) is 0 Å². The van der Waals surface area contributed by atoms with E-state index in [1.54, 1.807) is 6.92 Å². The first-order valence-corrected chi connectivity index (χ1v) is 6.60. The summed E-state index contributed by atoms with van der Waals surface area (Å²) in [6.45, 7) is 2.05. The van der Waals surface area contributed by atoms with E-state index in [4.69, 9.17) is 9.15 Å². The number of fused-ring (bicyclic) bond motifs is 1. The first-order chi connectivity index (χ1) is 7.69. The van der Waals surface area contributed by atoms with Crippen LogP contribution >= 0.6 is 23.1 Å². The van der Waals surface area contributed by atoms with Crippen molar-refractivity contribution in [2.24, 2.45) is 0 Å². The monoisotopic (exact) mass is 346 g/mol. The molecule has 0 atom stereocenters. The van der Waals surface area contributed by atoms with Crippen LogP contribution in [0.5, 0.6) is 5.75 Å². The molecule has 0 aromatic carbocycles. The molecular weight excluding hydrogens is 337 g/mol. The molecule has 1 radical (unpaired) electrons. The smallest absolute Gasteiger partial charge is 0.338 e. The fourth-order valence-electron chi connectivity index (χ4n) is 1.32. The summed E-state index contributed by atoms with van der Waals surface area (Å²) in [4.78, 5) is 12.0. The molecule has 0 amide bonds. The van der Waals surface area contributed by atoms with Gasteiger partial charge in [-0.05, 0) is 13.2 Å². The molecule has 1 N–H and O–H groups in total. The van der Waals surface area contributed by atoms with E-state index in [-0.39, 0.29) is 38.5 Å². The number of furan rings is 1. The van der Waals surface area contributed by atoms with Crippen molar-refractivity contribution in [1.82, 2.24) is 0 Å². The van der Waals surface area contributed by atoms with Gasteiger partial charge in [-0.3, -0.25) is 0 Å². The molecule has 0 aliphatic heterocycles. The molecule has 4 nitrogen and oxygen atoms in total. The van der Waals surface area contributed by atoms with Crippen molar-refractivity contribution in [3.63, 3.8) is 0 Å². The Morgan fingerprint density at radius 3 is 2.94 bits per heavy atom. The van der Waals surface area contributed by atoms with Crippen molar-refractivity contribution in [2.45, 2.75) is 11.1 Å². The summed E-state index contributed by atoms with van der Waals surface area (Å²) in [6.07, 6.45) is 4.20. The second-order valence-electron chi connectivity index (χ2n) is 2.90. The average Bonchev–Trinajstić information content (AvgIpc) is 2.80. The fourth-order valence-corrected chi connectivity index (χ4v) is 3.16. The molecular formula is C10H9O4S2Y-. The van der Waals surface area contributed by atoms with Gasteiger partial charge in [0.1, 0.15) is 0 Å². The second-order valence-corrected chi connectivity index (χ2v) is 5.00. The van der Waals surface area contributed by atoms with Crippen LogP contribution in [-0.4, -0.2) is 23.9 Å². The van der Waals surface area contributed by atoms with Crippen molar-refractivity contribution in [1.29, 1.82) is 0 Å². The van der Waals surface area contributed by atoms with E-state index in [1.165, 1.54) is 23.1 Å². The number of thiophene rings is 1. The van der Waals surface area contributed by atoms with Crippen LogP contribution in [0.3, 0.4) is 0 Å². The Labute approximate surface area is 132 Å². The largest absolute Gasteiger partial charge is 0.585 e. The van der Waals surface area contributed by atoms with E-state index in [9.17, 15) is 9.90 Å². The number of aromatic hydroxyl groups is 1. The zero-order chi connectivity index (χ0) is 11.7. The quantitative estimate of drug-likeness (QED) is 0.526. The van der Waals surface area contributed by atoms with Crippen LogP contribution < -0.4 is 0 Å². The minimum Gasteiger partial charge on any atom is -0.585 e. The molecule has 0 saturated carbocycles. The predicted molar refractivity (Wildman–Crippen MR) is 62.3 cm³/mol. The van der Waals surface area contributed by atoms with Crippen LogP contribution in [0.2, 0.25) is 0 Å². The number of thioether (sulfide) groups is 1. The molecule has 17 heavy (non-hydrogen) atoms. The molecule has 0 aliphatic rings. The molecule has 0 spiro atoms. The third-order valence-corrected chi connectivity index (χ3v) is 4.24. The van der Waals surface area contributed by atoms with Gasteiger partial charge in [-0.15, -0.1) is 23.1 Å².